The topological polar surface area (TPSA) is 72.2 Å². The van der Waals surface area contributed by atoms with Gasteiger partial charge in [-0.1, -0.05) is 36.4 Å². The molecular weight excluding hydrogens is 500 g/mol. The molecule has 0 saturated heterocycles. The molecule has 0 aliphatic heterocycles. The molecule has 1 unspecified atom stereocenters. The highest BCUT2D eigenvalue weighted by molar-refractivity contribution is 5.92. The van der Waals surface area contributed by atoms with E-state index in [4.69, 9.17) is 10.7 Å². The van der Waals surface area contributed by atoms with Gasteiger partial charge in [0.1, 0.15) is 11.6 Å². The lowest BCUT2D eigenvalue weighted by atomic mass is 9.80. The van der Waals surface area contributed by atoms with Crippen molar-refractivity contribution < 1.29 is 17.9 Å². The Bertz CT molecular complexity index is 1090. The molecule has 35 heavy (non-hydrogen) atoms. The van der Waals surface area contributed by atoms with Crippen molar-refractivity contribution in [3.05, 3.63) is 60.2 Å². The molecule has 192 valence electrons. The number of rotatable bonds is 7. The van der Waals surface area contributed by atoms with Crippen LogP contribution in [0.1, 0.15) is 31.2 Å². The van der Waals surface area contributed by atoms with Crippen molar-refractivity contribution >= 4 is 47.2 Å². The van der Waals surface area contributed by atoms with Crippen LogP contribution in [0.25, 0.3) is 10.9 Å². The Morgan fingerprint density at radius 1 is 1.03 bits per heavy atom. The molecule has 1 saturated carbocycles. The molecule has 10 heteroatoms. The first-order chi connectivity index (χ1) is 15.8. The van der Waals surface area contributed by atoms with E-state index in [1.165, 1.54) is 12.1 Å². The summed E-state index contributed by atoms with van der Waals surface area (Å²) in [5.41, 5.74) is 8.88. The lowest BCUT2D eigenvalue weighted by Gasteiger charge is -2.33. The average molecular weight is 531 g/mol. The van der Waals surface area contributed by atoms with Gasteiger partial charge in [-0.05, 0) is 55.7 Å². The molecule has 4 N–H and O–H groups in total. The molecule has 3 aromatic rings. The Hall–Kier alpha value is -2.42. The molecule has 0 radical (unpaired) electrons. The number of nitrogens with one attached hydrogen (secondary N) is 2. The van der Waals surface area contributed by atoms with Crippen LogP contribution >= 0.6 is 24.8 Å². The molecule has 2 aromatic carbocycles. The van der Waals surface area contributed by atoms with Crippen LogP contribution in [0.3, 0.4) is 0 Å². The fraction of sp³-hybridized carbons (Fsp3) is 0.400. The highest BCUT2D eigenvalue weighted by Gasteiger charge is 2.33. The first-order valence-corrected chi connectivity index (χ1v) is 11.3. The molecule has 5 nitrogen and oxygen atoms in total. The number of ether oxygens (including phenoxy) is 1. The van der Waals surface area contributed by atoms with Crippen LogP contribution in [0.15, 0.2) is 54.6 Å². The zero-order valence-corrected chi connectivity index (χ0v) is 21.0. The summed E-state index contributed by atoms with van der Waals surface area (Å²) in [6.07, 6.45) is -0.674. The van der Waals surface area contributed by atoms with E-state index in [0.717, 1.165) is 48.1 Å². The zero-order valence-electron chi connectivity index (χ0n) is 19.3. The van der Waals surface area contributed by atoms with Gasteiger partial charge in [-0.25, -0.2) is 4.98 Å². The first kappa shape index (κ1) is 28.8. The van der Waals surface area contributed by atoms with E-state index in [1.807, 2.05) is 37.4 Å². The fourth-order valence-corrected chi connectivity index (χ4v) is 4.67. The predicted molar refractivity (Wildman–Crippen MR) is 140 cm³/mol. The fourth-order valence-electron chi connectivity index (χ4n) is 4.67. The minimum atomic E-state index is -4.71. The molecule has 0 spiro atoms. The summed E-state index contributed by atoms with van der Waals surface area (Å²) in [7, 11) is 1.90. The number of para-hydroxylation sites is 2. The lowest BCUT2D eigenvalue weighted by Crippen LogP contribution is -2.37. The third kappa shape index (κ3) is 7.53. The zero-order chi connectivity index (χ0) is 23.4. The number of anilines is 2. The van der Waals surface area contributed by atoms with Crippen LogP contribution in [-0.4, -0.2) is 30.5 Å². The van der Waals surface area contributed by atoms with Crippen LogP contribution in [0.2, 0.25) is 0 Å². The largest absolute Gasteiger partial charge is 0.573 e. The number of halogens is 5. The van der Waals surface area contributed by atoms with E-state index in [-0.39, 0.29) is 48.6 Å². The molecular formula is C25H31Cl2F3N4O. The second-order valence-corrected chi connectivity index (χ2v) is 8.60. The number of aromatic nitrogens is 1. The highest BCUT2D eigenvalue weighted by atomic mass is 35.5. The van der Waals surface area contributed by atoms with Crippen LogP contribution < -0.4 is 21.1 Å². The molecule has 1 aliphatic carbocycles. The maximum absolute atomic E-state index is 12.7. The van der Waals surface area contributed by atoms with E-state index in [9.17, 15) is 13.2 Å². The van der Waals surface area contributed by atoms with Gasteiger partial charge in [0.2, 0.25) is 0 Å². The minimum absolute atomic E-state index is 0. The van der Waals surface area contributed by atoms with Crippen LogP contribution in [0, 0.1) is 5.92 Å². The van der Waals surface area contributed by atoms with Gasteiger partial charge in [-0.3, -0.25) is 0 Å². The third-order valence-electron chi connectivity index (χ3n) is 6.37. The normalized spacial score (nSPS) is 18.7. The van der Waals surface area contributed by atoms with Gasteiger partial charge in [0, 0.05) is 36.3 Å². The van der Waals surface area contributed by atoms with Crippen molar-refractivity contribution in [1.29, 1.82) is 0 Å². The monoisotopic (exact) mass is 530 g/mol. The summed E-state index contributed by atoms with van der Waals surface area (Å²) in [4.78, 5) is 4.75. The van der Waals surface area contributed by atoms with Crippen LogP contribution in [0.5, 0.6) is 5.75 Å². The highest BCUT2D eigenvalue weighted by Crippen LogP contribution is 2.33. The Morgan fingerprint density at radius 2 is 1.69 bits per heavy atom. The quantitative estimate of drug-likeness (QED) is 0.322. The SMILES string of the molecule is CNc1cc(NC2CCC(C(N)Cc3ccccc3OC(F)(F)F)CC2)nc2ccccc12.Cl.Cl. The third-order valence-corrected chi connectivity index (χ3v) is 6.37. The smallest absolute Gasteiger partial charge is 0.406 e. The van der Waals surface area contributed by atoms with Crippen LogP contribution in [-0.2, 0) is 6.42 Å². The molecule has 1 heterocycles. The maximum atomic E-state index is 12.7. The number of nitrogens with two attached hydrogens (primary N) is 1. The Kier molecular flexibility index (Phi) is 10.3. The number of pyridine rings is 1. The first-order valence-electron chi connectivity index (χ1n) is 11.3. The molecule has 4 rings (SSSR count). The van der Waals surface area contributed by atoms with Gasteiger partial charge in [-0.2, -0.15) is 0 Å². The standard InChI is InChI=1S/C25H29F3N4O.2ClH/c1-30-22-15-24(32-21-8-4-3-7-19(21)22)31-18-12-10-16(11-13-18)20(29)14-17-6-2-5-9-23(17)33-25(26,27)28;;/h2-9,15-16,18,20H,10-14,29H2,1H3,(H2,30,31,32);2*1H. The van der Waals surface area contributed by atoms with Crippen molar-refractivity contribution in [2.24, 2.45) is 11.7 Å². The second kappa shape index (κ2) is 12.5. The molecule has 1 aromatic heterocycles. The van der Waals surface area contributed by atoms with Gasteiger partial charge >= 0.3 is 6.36 Å². The summed E-state index contributed by atoms with van der Waals surface area (Å²) in [6.45, 7) is 0. The van der Waals surface area contributed by atoms with E-state index < -0.39 is 6.36 Å². The lowest BCUT2D eigenvalue weighted by molar-refractivity contribution is -0.274. The summed E-state index contributed by atoms with van der Waals surface area (Å²) in [5, 5.41) is 7.87. The van der Waals surface area contributed by atoms with Gasteiger partial charge in [0.05, 0.1) is 5.52 Å². The molecule has 1 fully saturated rings. The number of fused-ring (bicyclic) bond motifs is 1. The Labute approximate surface area is 215 Å². The molecule has 1 atom stereocenters. The Balaban J connectivity index is 0.00000216. The summed E-state index contributed by atoms with van der Waals surface area (Å²) >= 11 is 0. The van der Waals surface area contributed by atoms with Crippen molar-refractivity contribution in [2.75, 3.05) is 17.7 Å². The number of nitrogens with zero attached hydrogens (tertiary/aromatic N) is 1. The predicted octanol–water partition coefficient (Wildman–Crippen LogP) is 6.56. The average Bonchev–Trinajstić information content (AvgIpc) is 2.79. The minimum Gasteiger partial charge on any atom is -0.406 e. The Morgan fingerprint density at radius 3 is 2.37 bits per heavy atom. The number of hydrogen-bond acceptors (Lipinski definition) is 5. The van der Waals surface area contributed by atoms with Gasteiger partial charge < -0.3 is 21.1 Å². The summed E-state index contributed by atoms with van der Waals surface area (Å²) in [6, 6.07) is 16.3. The van der Waals surface area contributed by atoms with Gasteiger partial charge in [0.25, 0.3) is 0 Å². The van der Waals surface area contributed by atoms with Crippen LogP contribution in [0.4, 0.5) is 24.7 Å². The number of hydrogen-bond donors (Lipinski definition) is 3. The van der Waals surface area contributed by atoms with Crippen molar-refractivity contribution in [2.45, 2.75) is 50.6 Å². The van der Waals surface area contributed by atoms with E-state index in [0.29, 0.717) is 12.0 Å². The van der Waals surface area contributed by atoms with E-state index in [1.54, 1.807) is 12.1 Å². The molecule has 0 amide bonds. The van der Waals surface area contributed by atoms with Gasteiger partial charge in [0.15, 0.2) is 0 Å². The number of alkyl halides is 3. The van der Waals surface area contributed by atoms with Gasteiger partial charge in [-0.15, -0.1) is 38.0 Å². The second-order valence-electron chi connectivity index (χ2n) is 8.60. The van der Waals surface area contributed by atoms with E-state index in [2.05, 4.69) is 15.4 Å². The summed E-state index contributed by atoms with van der Waals surface area (Å²) in [5.74, 6) is 0.918. The maximum Gasteiger partial charge on any atom is 0.573 e. The van der Waals surface area contributed by atoms with Crippen molar-refractivity contribution in [3.8, 4) is 5.75 Å². The van der Waals surface area contributed by atoms with Crippen molar-refractivity contribution in [3.63, 3.8) is 0 Å². The molecule has 1 aliphatic rings. The molecule has 0 bridgehead atoms. The van der Waals surface area contributed by atoms with E-state index >= 15 is 0 Å². The number of benzene rings is 2. The van der Waals surface area contributed by atoms with Crippen molar-refractivity contribution in [1.82, 2.24) is 4.98 Å². The summed E-state index contributed by atoms with van der Waals surface area (Å²) < 4.78 is 42.3.